The fourth-order valence-corrected chi connectivity index (χ4v) is 4.41. The van der Waals surface area contributed by atoms with Gasteiger partial charge in [0.2, 0.25) is 11.8 Å². The Labute approximate surface area is 233 Å². The minimum Gasteiger partial charge on any atom is -0.446 e. The van der Waals surface area contributed by atoms with Gasteiger partial charge in [0.15, 0.2) is 6.10 Å². The van der Waals surface area contributed by atoms with Gasteiger partial charge in [0.05, 0.1) is 12.1 Å². The number of ether oxygens (including phenoxy) is 2. The van der Waals surface area contributed by atoms with Crippen molar-refractivity contribution >= 4 is 23.9 Å². The number of benzene rings is 1. The number of carbonyl (C=O) groups excluding carboxylic acids is 4. The van der Waals surface area contributed by atoms with Crippen LogP contribution in [0.5, 0.6) is 0 Å². The Kier molecular flexibility index (Phi) is 9.94. The Morgan fingerprint density at radius 2 is 1.85 bits per heavy atom. The molecule has 0 aliphatic carbocycles. The smallest absolute Gasteiger partial charge is 0.428 e. The number of hydrazine groups is 1. The molecule has 0 spiro atoms. The fraction of sp³-hybridized carbons (Fsp3) is 0.538. The molecule has 1 aromatic heterocycles. The number of ketones is 1. The summed E-state index contributed by atoms with van der Waals surface area (Å²) in [6.07, 6.45) is -5.23. The molecule has 2 aromatic rings. The van der Waals surface area contributed by atoms with E-state index in [9.17, 15) is 32.3 Å². The molecule has 15 heteroatoms. The van der Waals surface area contributed by atoms with E-state index in [0.29, 0.717) is 37.1 Å². The zero-order valence-electron chi connectivity index (χ0n) is 22.8. The van der Waals surface area contributed by atoms with Gasteiger partial charge in [0.25, 0.3) is 5.78 Å². The molecule has 1 saturated heterocycles. The largest absolute Gasteiger partial charge is 0.446 e. The average molecular weight is 584 g/mol. The maximum atomic E-state index is 12.9. The molecule has 1 aliphatic heterocycles. The van der Waals surface area contributed by atoms with Crippen LogP contribution in [0.25, 0.3) is 11.5 Å². The Morgan fingerprint density at radius 1 is 1.17 bits per heavy atom. The van der Waals surface area contributed by atoms with Crippen LogP contribution in [-0.4, -0.2) is 58.3 Å². The van der Waals surface area contributed by atoms with E-state index in [4.69, 9.17) is 19.6 Å². The van der Waals surface area contributed by atoms with Crippen molar-refractivity contribution in [1.29, 1.82) is 0 Å². The topological polar surface area (TPSA) is 167 Å². The maximum absolute atomic E-state index is 12.9. The molecule has 2 atom stereocenters. The maximum Gasteiger partial charge on any atom is 0.428 e. The standard InChI is InChI=1S/C26H32F3N5O7/c1-4-15(14-18-31-32-22(40-18)16-7-9-17(10-8-16)26(27,28)29)6-5-11-25(2,3)20(41-23(30)37)19(35)21(36)33-34-12-13-39-24(34)38/h7-10,15,20H,4-6,11-14H2,1-3H3,(H2,30,37)(H,33,36)/t15-,20-/m1/s1. The predicted molar refractivity (Wildman–Crippen MR) is 136 cm³/mol. The number of nitrogens with one attached hydrogen (secondary N) is 1. The number of carbonyl (C=O) groups is 4. The van der Waals surface area contributed by atoms with E-state index in [1.807, 2.05) is 6.92 Å². The number of nitrogens with zero attached hydrogens (tertiary/aromatic N) is 3. The van der Waals surface area contributed by atoms with Crippen molar-refractivity contribution in [2.45, 2.75) is 65.2 Å². The van der Waals surface area contributed by atoms with Crippen molar-refractivity contribution in [3.05, 3.63) is 35.7 Å². The van der Waals surface area contributed by atoms with E-state index in [2.05, 4.69) is 15.6 Å². The Morgan fingerprint density at radius 3 is 2.41 bits per heavy atom. The minimum absolute atomic E-state index is 0.0541. The summed E-state index contributed by atoms with van der Waals surface area (Å²) in [7, 11) is 0. The van der Waals surface area contributed by atoms with E-state index in [0.717, 1.165) is 23.6 Å². The monoisotopic (exact) mass is 583 g/mol. The second kappa shape index (κ2) is 13.0. The lowest BCUT2D eigenvalue weighted by molar-refractivity contribution is -0.148. The molecule has 1 fully saturated rings. The van der Waals surface area contributed by atoms with Gasteiger partial charge in [-0.05, 0) is 43.0 Å². The fourth-order valence-electron chi connectivity index (χ4n) is 4.41. The van der Waals surface area contributed by atoms with Crippen molar-refractivity contribution in [2.24, 2.45) is 17.1 Å². The second-order valence-corrected chi connectivity index (χ2v) is 10.3. The van der Waals surface area contributed by atoms with E-state index < -0.39 is 47.1 Å². The van der Waals surface area contributed by atoms with Crippen molar-refractivity contribution in [1.82, 2.24) is 20.6 Å². The number of rotatable bonds is 13. The first kappa shape index (κ1) is 31.4. The van der Waals surface area contributed by atoms with E-state index in [-0.39, 0.29) is 25.0 Å². The van der Waals surface area contributed by atoms with Crippen LogP contribution in [-0.2, 0) is 31.7 Å². The highest BCUT2D eigenvalue weighted by molar-refractivity contribution is 6.38. The van der Waals surface area contributed by atoms with Crippen LogP contribution in [0.3, 0.4) is 0 Å². The number of Topliss-reactive ketones (excluding diaryl/α,β-unsaturated/α-hetero) is 1. The van der Waals surface area contributed by atoms with Crippen molar-refractivity contribution in [3.8, 4) is 11.5 Å². The van der Waals surface area contributed by atoms with Crippen LogP contribution in [0.1, 0.15) is 57.9 Å². The van der Waals surface area contributed by atoms with Gasteiger partial charge in [0.1, 0.15) is 6.61 Å². The average Bonchev–Trinajstić information content (AvgIpc) is 3.54. The minimum atomic E-state index is -4.45. The van der Waals surface area contributed by atoms with E-state index in [1.54, 1.807) is 13.8 Å². The number of cyclic esters (lactones) is 1. The van der Waals surface area contributed by atoms with Crippen LogP contribution in [0, 0.1) is 11.3 Å². The van der Waals surface area contributed by atoms with E-state index in [1.165, 1.54) is 12.1 Å². The summed E-state index contributed by atoms with van der Waals surface area (Å²) >= 11 is 0. The number of amides is 3. The van der Waals surface area contributed by atoms with Gasteiger partial charge in [-0.1, -0.05) is 33.6 Å². The lowest BCUT2D eigenvalue weighted by Crippen LogP contribution is -2.52. The van der Waals surface area contributed by atoms with Gasteiger partial charge in [0, 0.05) is 17.4 Å². The summed E-state index contributed by atoms with van der Waals surface area (Å²) in [6, 6.07) is 4.42. The van der Waals surface area contributed by atoms with Gasteiger partial charge in [-0.2, -0.15) is 13.2 Å². The van der Waals surface area contributed by atoms with Crippen molar-refractivity contribution in [3.63, 3.8) is 0 Å². The number of hydrogen-bond acceptors (Lipinski definition) is 9. The van der Waals surface area contributed by atoms with E-state index >= 15 is 0 Å². The van der Waals surface area contributed by atoms with Gasteiger partial charge >= 0.3 is 24.3 Å². The summed E-state index contributed by atoms with van der Waals surface area (Å²) in [5.41, 5.74) is 5.91. The molecule has 0 radical (unpaired) electrons. The van der Waals surface area contributed by atoms with Gasteiger partial charge in [-0.25, -0.2) is 14.6 Å². The first-order valence-corrected chi connectivity index (χ1v) is 13.0. The van der Waals surface area contributed by atoms with Gasteiger partial charge in [-0.3, -0.25) is 15.0 Å². The van der Waals surface area contributed by atoms with Crippen LogP contribution < -0.4 is 11.2 Å². The second-order valence-electron chi connectivity index (χ2n) is 10.3. The lowest BCUT2D eigenvalue weighted by Gasteiger charge is -2.32. The van der Waals surface area contributed by atoms with Gasteiger partial charge < -0.3 is 19.6 Å². The number of hydrogen-bond donors (Lipinski definition) is 2. The first-order valence-electron chi connectivity index (χ1n) is 13.0. The predicted octanol–water partition coefficient (Wildman–Crippen LogP) is 4.04. The zero-order valence-corrected chi connectivity index (χ0v) is 22.8. The van der Waals surface area contributed by atoms with Crippen LogP contribution in [0.2, 0.25) is 0 Å². The third kappa shape index (κ3) is 8.41. The lowest BCUT2D eigenvalue weighted by atomic mass is 9.78. The highest BCUT2D eigenvalue weighted by Crippen LogP contribution is 2.33. The molecule has 0 bridgehead atoms. The molecule has 3 amide bonds. The molecule has 3 N–H and O–H groups in total. The number of nitrogens with two attached hydrogens (primary N) is 1. The molecule has 1 aromatic carbocycles. The van der Waals surface area contributed by atoms with Crippen LogP contribution >= 0.6 is 0 Å². The summed E-state index contributed by atoms with van der Waals surface area (Å²) in [5.74, 6) is -1.69. The third-order valence-corrected chi connectivity index (χ3v) is 6.80. The molecule has 2 heterocycles. The normalized spacial score (nSPS) is 15.3. The number of alkyl halides is 3. The summed E-state index contributed by atoms with van der Waals surface area (Å²) in [5, 5.41) is 8.82. The Bertz CT molecular complexity index is 1250. The number of aromatic nitrogens is 2. The van der Waals surface area contributed by atoms with Crippen LogP contribution in [0.4, 0.5) is 22.8 Å². The number of primary amides is 1. The van der Waals surface area contributed by atoms with Crippen molar-refractivity contribution in [2.75, 3.05) is 13.2 Å². The molecule has 224 valence electrons. The van der Waals surface area contributed by atoms with Crippen LogP contribution in [0.15, 0.2) is 28.7 Å². The Balaban J connectivity index is 1.58. The summed E-state index contributed by atoms with van der Waals surface area (Å²) in [6.45, 7) is 5.40. The van der Waals surface area contributed by atoms with Crippen molar-refractivity contribution < 1.29 is 46.2 Å². The Hall–Kier alpha value is -4.17. The SMILES string of the molecule is CC[C@H](CCCC(C)(C)[C@H](OC(N)=O)C(=O)C(=O)NN1CCOC1=O)Cc1nnc(-c2ccc(C(F)(F)F)cc2)o1. The molecule has 12 nitrogen and oxygen atoms in total. The highest BCUT2D eigenvalue weighted by Gasteiger charge is 2.42. The molecule has 1 aliphatic rings. The molecular weight excluding hydrogens is 551 g/mol. The molecule has 41 heavy (non-hydrogen) atoms. The van der Waals surface area contributed by atoms with Gasteiger partial charge in [-0.15, -0.1) is 10.2 Å². The molecule has 3 rings (SSSR count). The molecule has 0 saturated carbocycles. The quantitative estimate of drug-likeness (QED) is 0.331. The molecular formula is C26H32F3N5O7. The zero-order chi connectivity index (χ0) is 30.4. The highest BCUT2D eigenvalue weighted by atomic mass is 19.4. The first-order chi connectivity index (χ1) is 19.2. The summed E-state index contributed by atoms with van der Waals surface area (Å²) < 4.78 is 53.9. The third-order valence-electron chi connectivity index (χ3n) is 6.80. The molecule has 0 unspecified atom stereocenters. The number of halogens is 3. The summed E-state index contributed by atoms with van der Waals surface area (Å²) in [4.78, 5) is 48.5.